The maximum atomic E-state index is 12.2. The lowest BCUT2D eigenvalue weighted by molar-refractivity contribution is -0.149. The molecule has 0 aromatic rings. The summed E-state index contributed by atoms with van der Waals surface area (Å²) in [5, 5.41) is 0. The van der Waals surface area contributed by atoms with Gasteiger partial charge in [0.1, 0.15) is 0 Å². The lowest BCUT2D eigenvalue weighted by atomic mass is 10.2. The zero-order valence-corrected chi connectivity index (χ0v) is 10.9. The molecule has 1 heterocycles. The monoisotopic (exact) mass is 267 g/mol. The predicted octanol–water partition coefficient (Wildman–Crippen LogP) is 1.69. The second kappa shape index (κ2) is 7.96. The number of unbranched alkanes of at least 4 members (excludes halogenated alkanes) is 3. The lowest BCUT2D eigenvalue weighted by Gasteiger charge is -2.34. The molecular weight excluding hydrogens is 243 g/mol. The third kappa shape index (κ3) is 7.18. The van der Waals surface area contributed by atoms with Gasteiger partial charge < -0.3 is 10.6 Å². The normalized spacial score (nSPS) is 19.3. The molecule has 0 spiro atoms. The number of rotatable bonds is 7. The third-order valence-electron chi connectivity index (χ3n) is 3.30. The minimum atomic E-state index is -4.07. The van der Waals surface area contributed by atoms with E-state index in [0.717, 1.165) is 45.4 Å². The SMILES string of the molecule is NCCCCCCN1CCN(CC(F)(F)F)CC1. The zero-order chi connectivity index (χ0) is 13.4. The maximum Gasteiger partial charge on any atom is 0.401 e. The van der Waals surface area contributed by atoms with Crippen molar-refractivity contribution in [1.29, 1.82) is 0 Å². The molecule has 0 aliphatic carbocycles. The van der Waals surface area contributed by atoms with Gasteiger partial charge in [-0.25, -0.2) is 0 Å². The molecule has 18 heavy (non-hydrogen) atoms. The van der Waals surface area contributed by atoms with Crippen molar-refractivity contribution in [2.45, 2.75) is 31.9 Å². The van der Waals surface area contributed by atoms with Gasteiger partial charge in [-0.05, 0) is 25.9 Å². The smallest absolute Gasteiger partial charge is 0.330 e. The topological polar surface area (TPSA) is 32.5 Å². The molecule has 3 nitrogen and oxygen atoms in total. The van der Waals surface area contributed by atoms with Gasteiger partial charge >= 0.3 is 6.18 Å². The van der Waals surface area contributed by atoms with E-state index in [2.05, 4.69) is 4.90 Å². The Labute approximate surface area is 107 Å². The largest absolute Gasteiger partial charge is 0.401 e. The molecule has 1 aliphatic heterocycles. The molecule has 1 rings (SSSR count). The standard InChI is InChI=1S/C12H24F3N3/c13-12(14,15)11-18-9-7-17(8-10-18)6-4-2-1-3-5-16/h1-11,16H2. The first-order valence-electron chi connectivity index (χ1n) is 6.73. The van der Waals surface area contributed by atoms with Gasteiger partial charge in [0.15, 0.2) is 0 Å². The molecule has 0 atom stereocenters. The van der Waals surface area contributed by atoms with Crippen LogP contribution < -0.4 is 5.73 Å². The summed E-state index contributed by atoms with van der Waals surface area (Å²) in [5.41, 5.74) is 5.41. The van der Waals surface area contributed by atoms with E-state index in [4.69, 9.17) is 5.73 Å². The van der Waals surface area contributed by atoms with Gasteiger partial charge in [-0.3, -0.25) is 4.90 Å². The summed E-state index contributed by atoms with van der Waals surface area (Å²) < 4.78 is 36.6. The highest BCUT2D eigenvalue weighted by atomic mass is 19.4. The Morgan fingerprint density at radius 1 is 0.833 bits per heavy atom. The van der Waals surface area contributed by atoms with Gasteiger partial charge in [0, 0.05) is 26.2 Å². The summed E-state index contributed by atoms with van der Waals surface area (Å²) in [6.45, 7) is 3.56. The summed E-state index contributed by atoms with van der Waals surface area (Å²) >= 11 is 0. The van der Waals surface area contributed by atoms with E-state index in [0.29, 0.717) is 13.1 Å². The highest BCUT2D eigenvalue weighted by Crippen LogP contribution is 2.17. The van der Waals surface area contributed by atoms with Crippen molar-refractivity contribution < 1.29 is 13.2 Å². The van der Waals surface area contributed by atoms with E-state index >= 15 is 0 Å². The number of piperazine rings is 1. The number of nitrogens with two attached hydrogens (primary N) is 1. The van der Waals surface area contributed by atoms with Crippen LogP contribution in [0.25, 0.3) is 0 Å². The van der Waals surface area contributed by atoms with Crippen LogP contribution in [0.1, 0.15) is 25.7 Å². The summed E-state index contributed by atoms with van der Waals surface area (Å²) in [4.78, 5) is 3.75. The highest BCUT2D eigenvalue weighted by molar-refractivity contribution is 4.73. The minimum absolute atomic E-state index is 0.530. The van der Waals surface area contributed by atoms with Crippen molar-refractivity contribution in [2.75, 3.05) is 45.8 Å². The molecule has 108 valence electrons. The minimum Gasteiger partial charge on any atom is -0.330 e. The van der Waals surface area contributed by atoms with Crippen molar-refractivity contribution >= 4 is 0 Å². The first kappa shape index (κ1) is 15.7. The van der Waals surface area contributed by atoms with Crippen LogP contribution in [-0.2, 0) is 0 Å². The summed E-state index contributed by atoms with van der Waals surface area (Å²) in [5.74, 6) is 0. The lowest BCUT2D eigenvalue weighted by Crippen LogP contribution is -2.49. The van der Waals surface area contributed by atoms with E-state index in [1.165, 1.54) is 11.3 Å². The molecule has 0 unspecified atom stereocenters. The molecule has 0 radical (unpaired) electrons. The molecule has 6 heteroatoms. The first-order chi connectivity index (χ1) is 8.51. The summed E-state index contributed by atoms with van der Waals surface area (Å²) in [6, 6.07) is 0. The second-order valence-corrected chi connectivity index (χ2v) is 4.94. The Bertz CT molecular complexity index is 213. The average molecular weight is 267 g/mol. The Hall–Kier alpha value is -0.330. The molecule has 0 bridgehead atoms. The molecule has 1 fully saturated rings. The van der Waals surface area contributed by atoms with Gasteiger partial charge in [0.25, 0.3) is 0 Å². The number of hydrogen-bond acceptors (Lipinski definition) is 3. The predicted molar refractivity (Wildman–Crippen MR) is 66.5 cm³/mol. The molecule has 1 saturated heterocycles. The van der Waals surface area contributed by atoms with Crippen molar-refractivity contribution in [3.63, 3.8) is 0 Å². The molecule has 1 aliphatic rings. The van der Waals surface area contributed by atoms with Crippen LogP contribution in [0, 0.1) is 0 Å². The van der Waals surface area contributed by atoms with Crippen molar-refractivity contribution in [3.05, 3.63) is 0 Å². The summed E-state index contributed by atoms with van der Waals surface area (Å²) in [7, 11) is 0. The van der Waals surface area contributed by atoms with Crippen LogP contribution in [0.3, 0.4) is 0 Å². The molecule has 0 aromatic heterocycles. The number of alkyl halides is 3. The Kier molecular flexibility index (Phi) is 6.96. The molecule has 0 saturated carbocycles. The van der Waals surface area contributed by atoms with Crippen LogP contribution in [0.5, 0.6) is 0 Å². The van der Waals surface area contributed by atoms with Crippen LogP contribution in [0.4, 0.5) is 13.2 Å². The molecule has 0 amide bonds. The van der Waals surface area contributed by atoms with Crippen molar-refractivity contribution in [1.82, 2.24) is 9.80 Å². The number of hydrogen-bond donors (Lipinski definition) is 1. The number of nitrogens with zero attached hydrogens (tertiary/aromatic N) is 2. The Balaban J connectivity index is 2.05. The maximum absolute atomic E-state index is 12.2. The van der Waals surface area contributed by atoms with Gasteiger partial charge in [-0.1, -0.05) is 12.8 Å². The molecular formula is C12H24F3N3. The van der Waals surface area contributed by atoms with Crippen molar-refractivity contribution in [3.8, 4) is 0 Å². The Morgan fingerprint density at radius 2 is 1.39 bits per heavy atom. The van der Waals surface area contributed by atoms with Crippen LogP contribution >= 0.6 is 0 Å². The first-order valence-corrected chi connectivity index (χ1v) is 6.73. The van der Waals surface area contributed by atoms with Gasteiger partial charge in [0.2, 0.25) is 0 Å². The van der Waals surface area contributed by atoms with Crippen LogP contribution in [0.2, 0.25) is 0 Å². The van der Waals surface area contributed by atoms with E-state index < -0.39 is 12.7 Å². The van der Waals surface area contributed by atoms with E-state index in [1.807, 2.05) is 0 Å². The van der Waals surface area contributed by atoms with E-state index in [1.54, 1.807) is 0 Å². The van der Waals surface area contributed by atoms with Gasteiger partial charge in [0.05, 0.1) is 6.54 Å². The Morgan fingerprint density at radius 3 is 1.94 bits per heavy atom. The van der Waals surface area contributed by atoms with Crippen LogP contribution in [-0.4, -0.2) is 61.8 Å². The van der Waals surface area contributed by atoms with Gasteiger partial charge in [-0.15, -0.1) is 0 Å². The quantitative estimate of drug-likeness (QED) is 0.712. The fourth-order valence-corrected chi connectivity index (χ4v) is 2.26. The molecule has 2 N–H and O–H groups in total. The fourth-order valence-electron chi connectivity index (χ4n) is 2.26. The van der Waals surface area contributed by atoms with E-state index in [9.17, 15) is 13.2 Å². The number of halogens is 3. The van der Waals surface area contributed by atoms with Gasteiger partial charge in [-0.2, -0.15) is 13.2 Å². The molecule has 0 aromatic carbocycles. The van der Waals surface area contributed by atoms with Crippen molar-refractivity contribution in [2.24, 2.45) is 5.73 Å². The zero-order valence-electron chi connectivity index (χ0n) is 10.9. The average Bonchev–Trinajstić information content (AvgIpc) is 2.29. The summed E-state index contributed by atoms with van der Waals surface area (Å²) in [6.07, 6.45) is 0.452. The van der Waals surface area contributed by atoms with Crippen LogP contribution in [0.15, 0.2) is 0 Å². The third-order valence-corrected chi connectivity index (χ3v) is 3.30. The van der Waals surface area contributed by atoms with E-state index in [-0.39, 0.29) is 0 Å². The fraction of sp³-hybridized carbons (Fsp3) is 1.00. The second-order valence-electron chi connectivity index (χ2n) is 4.94. The highest BCUT2D eigenvalue weighted by Gasteiger charge is 2.31.